The molecular formula is C23H26N4O3S. The van der Waals surface area contributed by atoms with Crippen molar-refractivity contribution in [3.63, 3.8) is 0 Å². The number of para-hydroxylation sites is 1. The summed E-state index contributed by atoms with van der Waals surface area (Å²) in [6.07, 6.45) is 6.54. The maximum atomic E-state index is 13.6. The minimum absolute atomic E-state index is 0.000956. The normalized spacial score (nSPS) is 16.3. The molecule has 3 heterocycles. The Labute approximate surface area is 182 Å². The average Bonchev–Trinajstić information content (AvgIpc) is 3.40. The predicted molar refractivity (Wildman–Crippen MR) is 119 cm³/mol. The number of aromatic nitrogens is 2. The van der Waals surface area contributed by atoms with E-state index in [1.165, 1.54) is 6.26 Å². The lowest BCUT2D eigenvalue weighted by atomic mass is 10.1. The summed E-state index contributed by atoms with van der Waals surface area (Å²) in [6, 6.07) is 15.3. The van der Waals surface area contributed by atoms with Crippen molar-refractivity contribution in [3.05, 3.63) is 60.6 Å². The highest BCUT2D eigenvalue weighted by atomic mass is 32.2. The minimum Gasteiger partial charge on any atom is -0.341 e. The molecular weight excluding hydrogens is 412 g/mol. The second kappa shape index (κ2) is 8.60. The highest BCUT2D eigenvalue weighted by Gasteiger charge is 2.32. The molecule has 1 aliphatic heterocycles. The first-order chi connectivity index (χ1) is 14.9. The highest BCUT2D eigenvalue weighted by molar-refractivity contribution is 7.91. The molecule has 0 aliphatic carbocycles. The van der Waals surface area contributed by atoms with Gasteiger partial charge in [-0.2, -0.15) is 5.26 Å². The number of rotatable bonds is 6. The van der Waals surface area contributed by atoms with Crippen LogP contribution in [0.15, 0.2) is 54.9 Å². The van der Waals surface area contributed by atoms with Crippen LogP contribution in [0.25, 0.3) is 10.9 Å². The van der Waals surface area contributed by atoms with E-state index < -0.39 is 15.9 Å². The summed E-state index contributed by atoms with van der Waals surface area (Å²) in [7, 11) is -3.09. The number of fused-ring (bicyclic) bond motifs is 1. The van der Waals surface area contributed by atoms with Gasteiger partial charge >= 0.3 is 0 Å². The van der Waals surface area contributed by atoms with E-state index in [9.17, 15) is 18.5 Å². The molecule has 0 spiro atoms. The molecule has 1 amide bonds. The first-order valence-corrected chi connectivity index (χ1v) is 12.4. The first kappa shape index (κ1) is 21.2. The number of nitriles is 1. The molecule has 7 nitrogen and oxygen atoms in total. The molecule has 1 aromatic carbocycles. The number of hydrogen-bond acceptors (Lipinski definition) is 4. The topological polar surface area (TPSA) is 88.1 Å². The monoisotopic (exact) mass is 438 g/mol. The van der Waals surface area contributed by atoms with Crippen LogP contribution in [-0.2, 0) is 21.2 Å². The molecule has 4 rings (SSSR count). The Morgan fingerprint density at radius 3 is 2.58 bits per heavy atom. The quantitative estimate of drug-likeness (QED) is 0.592. The molecule has 162 valence electrons. The van der Waals surface area contributed by atoms with Crippen molar-refractivity contribution in [2.75, 3.05) is 19.3 Å². The lowest BCUT2D eigenvalue weighted by Gasteiger charge is -2.34. The summed E-state index contributed by atoms with van der Waals surface area (Å²) in [5.74, 6) is -0.000956. The van der Waals surface area contributed by atoms with Crippen LogP contribution in [0.5, 0.6) is 0 Å². The average molecular weight is 439 g/mol. The van der Waals surface area contributed by atoms with Crippen LogP contribution in [0.4, 0.5) is 0 Å². The SMILES string of the molecule is CS(=O)(=O)C1CCN(C(=O)C(CCn2cccc2C#N)n2ccc3ccccc32)CC1. The molecule has 0 saturated carbocycles. The summed E-state index contributed by atoms with van der Waals surface area (Å²) in [5.41, 5.74) is 1.55. The Hall–Kier alpha value is -3.05. The van der Waals surface area contributed by atoms with E-state index in [0.717, 1.165) is 10.9 Å². The Morgan fingerprint density at radius 1 is 1.13 bits per heavy atom. The third kappa shape index (κ3) is 4.37. The van der Waals surface area contributed by atoms with E-state index in [1.807, 2.05) is 57.9 Å². The minimum atomic E-state index is -3.09. The van der Waals surface area contributed by atoms with Crippen LogP contribution >= 0.6 is 0 Å². The number of nitrogens with zero attached hydrogens (tertiary/aromatic N) is 4. The van der Waals surface area contributed by atoms with Crippen molar-refractivity contribution < 1.29 is 13.2 Å². The Balaban J connectivity index is 1.59. The van der Waals surface area contributed by atoms with Gasteiger partial charge in [0, 0.05) is 43.8 Å². The van der Waals surface area contributed by atoms with Gasteiger partial charge < -0.3 is 14.0 Å². The van der Waals surface area contributed by atoms with Gasteiger partial charge in [0.15, 0.2) is 0 Å². The Morgan fingerprint density at radius 2 is 1.87 bits per heavy atom. The van der Waals surface area contributed by atoms with Crippen molar-refractivity contribution in [3.8, 4) is 6.07 Å². The highest BCUT2D eigenvalue weighted by Crippen LogP contribution is 2.27. The Kier molecular flexibility index (Phi) is 5.88. The molecule has 0 radical (unpaired) electrons. The summed E-state index contributed by atoms with van der Waals surface area (Å²) in [6.45, 7) is 1.43. The Bertz CT molecular complexity index is 1230. The molecule has 2 aromatic heterocycles. The third-order valence-corrected chi connectivity index (χ3v) is 7.88. The maximum Gasteiger partial charge on any atom is 0.245 e. The van der Waals surface area contributed by atoms with Gasteiger partial charge in [-0.05, 0) is 48.9 Å². The molecule has 1 atom stereocenters. The van der Waals surface area contributed by atoms with Crippen LogP contribution < -0.4 is 0 Å². The summed E-state index contributed by atoms with van der Waals surface area (Å²) >= 11 is 0. The number of amides is 1. The first-order valence-electron chi connectivity index (χ1n) is 10.5. The number of hydrogen-bond donors (Lipinski definition) is 0. The number of likely N-dealkylation sites (tertiary alicyclic amines) is 1. The van der Waals surface area contributed by atoms with Gasteiger partial charge in [-0.25, -0.2) is 8.42 Å². The predicted octanol–water partition coefficient (Wildman–Crippen LogP) is 2.98. The molecule has 0 N–H and O–H groups in total. The summed E-state index contributed by atoms with van der Waals surface area (Å²) in [4.78, 5) is 15.4. The van der Waals surface area contributed by atoms with Crippen molar-refractivity contribution in [2.24, 2.45) is 0 Å². The van der Waals surface area contributed by atoms with Gasteiger partial charge in [0.2, 0.25) is 5.91 Å². The third-order valence-electron chi connectivity index (χ3n) is 6.20. The van der Waals surface area contributed by atoms with Crippen molar-refractivity contribution in [1.82, 2.24) is 14.0 Å². The lowest BCUT2D eigenvalue weighted by Crippen LogP contribution is -2.45. The van der Waals surface area contributed by atoms with Crippen LogP contribution in [0, 0.1) is 11.3 Å². The van der Waals surface area contributed by atoms with E-state index in [4.69, 9.17) is 0 Å². The smallest absolute Gasteiger partial charge is 0.245 e. The van der Waals surface area contributed by atoms with Gasteiger partial charge in [0.1, 0.15) is 27.6 Å². The van der Waals surface area contributed by atoms with Crippen LogP contribution in [0.3, 0.4) is 0 Å². The zero-order valence-electron chi connectivity index (χ0n) is 17.5. The number of aryl methyl sites for hydroxylation is 1. The van der Waals surface area contributed by atoms with E-state index >= 15 is 0 Å². The van der Waals surface area contributed by atoms with Crippen molar-refractivity contribution in [2.45, 2.75) is 37.1 Å². The number of carbonyl (C=O) groups excluding carboxylic acids is 1. The van der Waals surface area contributed by atoms with E-state index in [0.29, 0.717) is 44.6 Å². The molecule has 8 heteroatoms. The number of sulfone groups is 1. The van der Waals surface area contributed by atoms with Crippen molar-refractivity contribution >= 4 is 26.6 Å². The van der Waals surface area contributed by atoms with Gasteiger partial charge in [-0.3, -0.25) is 4.79 Å². The molecule has 1 saturated heterocycles. The van der Waals surface area contributed by atoms with Gasteiger partial charge in [0.25, 0.3) is 0 Å². The number of carbonyl (C=O) groups is 1. The molecule has 0 bridgehead atoms. The maximum absolute atomic E-state index is 13.6. The van der Waals surface area contributed by atoms with Gasteiger partial charge in [-0.15, -0.1) is 0 Å². The zero-order valence-corrected chi connectivity index (χ0v) is 18.3. The summed E-state index contributed by atoms with van der Waals surface area (Å²) in [5, 5.41) is 9.99. The second-order valence-corrected chi connectivity index (χ2v) is 10.5. The number of piperidine rings is 1. The van der Waals surface area contributed by atoms with Gasteiger partial charge in [0.05, 0.1) is 5.25 Å². The van der Waals surface area contributed by atoms with E-state index in [-0.39, 0.29) is 11.2 Å². The zero-order chi connectivity index (χ0) is 22.0. The van der Waals surface area contributed by atoms with E-state index in [1.54, 1.807) is 11.0 Å². The van der Waals surface area contributed by atoms with Crippen LogP contribution in [0.2, 0.25) is 0 Å². The fraction of sp³-hybridized carbons (Fsp3) is 0.391. The fourth-order valence-corrected chi connectivity index (χ4v) is 5.51. The van der Waals surface area contributed by atoms with Gasteiger partial charge in [-0.1, -0.05) is 18.2 Å². The molecule has 1 unspecified atom stereocenters. The van der Waals surface area contributed by atoms with Crippen molar-refractivity contribution in [1.29, 1.82) is 5.26 Å². The standard InChI is InChI=1S/C23H26N4O3S/c1-31(29,30)20-9-13-26(14-10-20)23(28)22(11-15-25-12-4-6-19(25)17-24)27-16-8-18-5-2-3-7-21(18)27/h2-8,12,16,20,22H,9-11,13-15H2,1H3. The molecule has 31 heavy (non-hydrogen) atoms. The molecule has 1 aliphatic rings. The fourth-order valence-electron chi connectivity index (χ4n) is 4.44. The second-order valence-electron chi connectivity index (χ2n) is 8.14. The largest absolute Gasteiger partial charge is 0.341 e. The van der Waals surface area contributed by atoms with E-state index in [2.05, 4.69) is 6.07 Å². The molecule has 1 fully saturated rings. The van der Waals surface area contributed by atoms with Crippen LogP contribution in [0.1, 0.15) is 31.0 Å². The van der Waals surface area contributed by atoms with Crippen LogP contribution in [-0.4, -0.2) is 53.0 Å². The molecule has 3 aromatic rings. The number of benzene rings is 1. The lowest BCUT2D eigenvalue weighted by molar-refractivity contribution is -0.135. The summed E-state index contributed by atoms with van der Waals surface area (Å²) < 4.78 is 27.6.